The predicted molar refractivity (Wildman–Crippen MR) is 93.1 cm³/mol. The molecule has 2 aromatic rings. The molecule has 1 fully saturated rings. The number of nitrogens with one attached hydrogen (secondary N) is 1. The second-order valence-electron chi connectivity index (χ2n) is 6.00. The molecule has 0 spiro atoms. The van der Waals surface area contributed by atoms with E-state index >= 15 is 0 Å². The summed E-state index contributed by atoms with van der Waals surface area (Å²) in [6.07, 6.45) is 3.54. The molecule has 0 radical (unpaired) electrons. The van der Waals surface area contributed by atoms with Crippen LogP contribution in [-0.4, -0.2) is 19.2 Å². The molecular weight excluding hydrogens is 286 g/mol. The predicted octanol–water partition coefficient (Wildman–Crippen LogP) is 3.96. The van der Waals surface area contributed by atoms with E-state index in [9.17, 15) is 0 Å². The molecule has 122 valence electrons. The van der Waals surface area contributed by atoms with Crippen molar-refractivity contribution in [2.75, 3.05) is 13.1 Å². The van der Waals surface area contributed by atoms with Crippen molar-refractivity contribution in [3.63, 3.8) is 0 Å². The van der Waals surface area contributed by atoms with Crippen LogP contribution in [0.4, 0.5) is 0 Å². The molecule has 1 heterocycles. The Labute approximate surface area is 138 Å². The monoisotopic (exact) mass is 311 g/mol. The van der Waals surface area contributed by atoms with Crippen LogP contribution in [0.2, 0.25) is 0 Å². The van der Waals surface area contributed by atoms with E-state index in [1.54, 1.807) is 0 Å². The van der Waals surface area contributed by atoms with Crippen molar-refractivity contribution in [2.45, 2.75) is 38.9 Å². The lowest BCUT2D eigenvalue weighted by molar-refractivity contribution is 0.162. The van der Waals surface area contributed by atoms with Crippen molar-refractivity contribution in [3.05, 3.63) is 59.7 Å². The molecule has 0 bridgehead atoms. The van der Waals surface area contributed by atoms with Crippen molar-refractivity contribution in [2.24, 2.45) is 0 Å². The van der Waals surface area contributed by atoms with E-state index in [0.29, 0.717) is 12.7 Å². The van der Waals surface area contributed by atoms with E-state index in [2.05, 4.69) is 36.5 Å². The van der Waals surface area contributed by atoms with Crippen LogP contribution in [0.25, 0.3) is 0 Å². The normalized spacial score (nSPS) is 15.3. The van der Waals surface area contributed by atoms with E-state index < -0.39 is 0 Å². The molecular formula is C20H25NO2. The minimum atomic E-state index is 0.333. The largest absolute Gasteiger partial charge is 0.490 e. The highest BCUT2D eigenvalue weighted by Gasteiger charge is 2.14. The van der Waals surface area contributed by atoms with E-state index in [1.807, 2.05) is 24.3 Å². The van der Waals surface area contributed by atoms with Crippen LogP contribution in [0, 0.1) is 0 Å². The minimum absolute atomic E-state index is 0.333. The lowest BCUT2D eigenvalue weighted by Crippen LogP contribution is -2.34. The molecule has 1 aliphatic heterocycles. The van der Waals surface area contributed by atoms with Gasteiger partial charge in [0.1, 0.15) is 24.2 Å². The Kier molecular flexibility index (Phi) is 5.54. The molecule has 0 aromatic heterocycles. The maximum Gasteiger partial charge on any atom is 0.120 e. The SMILES string of the molecule is CCc1cccc(COc2ccc(OC3CCNCC3)cc2)c1. The van der Waals surface area contributed by atoms with Gasteiger partial charge < -0.3 is 14.8 Å². The zero-order chi connectivity index (χ0) is 15.9. The summed E-state index contributed by atoms with van der Waals surface area (Å²) in [5.74, 6) is 1.81. The van der Waals surface area contributed by atoms with Gasteiger partial charge in [0.05, 0.1) is 0 Å². The fraction of sp³-hybridized carbons (Fsp3) is 0.400. The van der Waals surface area contributed by atoms with Gasteiger partial charge in [-0.3, -0.25) is 0 Å². The van der Waals surface area contributed by atoms with Gasteiger partial charge in [-0.2, -0.15) is 0 Å². The first-order valence-electron chi connectivity index (χ1n) is 8.51. The standard InChI is InChI=1S/C20H25NO2/c1-2-16-4-3-5-17(14-16)15-22-18-6-8-19(9-7-18)23-20-10-12-21-13-11-20/h3-9,14,20-21H,2,10-13,15H2,1H3. The molecule has 0 aliphatic carbocycles. The Morgan fingerprint density at radius 1 is 0.957 bits per heavy atom. The van der Waals surface area contributed by atoms with Crippen molar-refractivity contribution < 1.29 is 9.47 Å². The van der Waals surface area contributed by atoms with Gasteiger partial charge in [-0.1, -0.05) is 31.2 Å². The minimum Gasteiger partial charge on any atom is -0.490 e. The molecule has 0 amide bonds. The van der Waals surface area contributed by atoms with Gasteiger partial charge >= 0.3 is 0 Å². The molecule has 1 N–H and O–H groups in total. The third-order valence-corrected chi connectivity index (χ3v) is 4.22. The van der Waals surface area contributed by atoms with Gasteiger partial charge in [-0.05, 0) is 67.7 Å². The van der Waals surface area contributed by atoms with Gasteiger partial charge in [-0.25, -0.2) is 0 Å². The summed E-state index contributed by atoms with van der Waals surface area (Å²) >= 11 is 0. The first-order valence-corrected chi connectivity index (χ1v) is 8.51. The fourth-order valence-corrected chi connectivity index (χ4v) is 2.83. The summed E-state index contributed by atoms with van der Waals surface area (Å²) in [6.45, 7) is 4.86. The van der Waals surface area contributed by atoms with E-state index in [-0.39, 0.29) is 0 Å². The first-order chi connectivity index (χ1) is 11.3. The summed E-state index contributed by atoms with van der Waals surface area (Å²) in [5, 5.41) is 3.35. The Hall–Kier alpha value is -2.00. The quantitative estimate of drug-likeness (QED) is 0.876. The Balaban J connectivity index is 1.52. The van der Waals surface area contributed by atoms with Crippen LogP contribution in [0.3, 0.4) is 0 Å². The summed E-state index contributed by atoms with van der Waals surface area (Å²) in [4.78, 5) is 0. The lowest BCUT2D eigenvalue weighted by Gasteiger charge is -2.23. The molecule has 3 nitrogen and oxygen atoms in total. The van der Waals surface area contributed by atoms with Crippen LogP contribution in [0.1, 0.15) is 30.9 Å². The fourth-order valence-electron chi connectivity index (χ4n) is 2.83. The Morgan fingerprint density at radius 2 is 1.65 bits per heavy atom. The highest BCUT2D eigenvalue weighted by Crippen LogP contribution is 2.21. The molecule has 2 aromatic carbocycles. The number of aryl methyl sites for hydroxylation is 1. The third kappa shape index (κ3) is 4.73. The second-order valence-corrected chi connectivity index (χ2v) is 6.00. The smallest absolute Gasteiger partial charge is 0.120 e. The van der Waals surface area contributed by atoms with Crippen LogP contribution in [0.15, 0.2) is 48.5 Å². The highest BCUT2D eigenvalue weighted by atomic mass is 16.5. The van der Waals surface area contributed by atoms with Crippen molar-refractivity contribution >= 4 is 0 Å². The molecule has 23 heavy (non-hydrogen) atoms. The van der Waals surface area contributed by atoms with Crippen molar-refractivity contribution in [3.8, 4) is 11.5 Å². The number of piperidine rings is 1. The Morgan fingerprint density at radius 3 is 2.39 bits per heavy atom. The zero-order valence-electron chi connectivity index (χ0n) is 13.8. The number of hydrogen-bond donors (Lipinski definition) is 1. The zero-order valence-corrected chi connectivity index (χ0v) is 13.8. The summed E-state index contributed by atoms with van der Waals surface area (Å²) in [6, 6.07) is 16.5. The summed E-state index contributed by atoms with van der Waals surface area (Å²) in [5.41, 5.74) is 2.55. The van der Waals surface area contributed by atoms with Gasteiger partial charge in [-0.15, -0.1) is 0 Å². The van der Waals surface area contributed by atoms with Gasteiger partial charge in [0.15, 0.2) is 0 Å². The molecule has 1 saturated heterocycles. The maximum absolute atomic E-state index is 6.01. The highest BCUT2D eigenvalue weighted by molar-refractivity contribution is 5.32. The van der Waals surface area contributed by atoms with E-state index in [0.717, 1.165) is 43.9 Å². The van der Waals surface area contributed by atoms with Crippen LogP contribution < -0.4 is 14.8 Å². The van der Waals surface area contributed by atoms with Gasteiger partial charge in [0, 0.05) is 0 Å². The number of benzene rings is 2. The summed E-state index contributed by atoms with van der Waals surface area (Å²) < 4.78 is 11.9. The number of hydrogen-bond acceptors (Lipinski definition) is 3. The average Bonchev–Trinajstić information content (AvgIpc) is 2.62. The maximum atomic E-state index is 6.01. The van der Waals surface area contributed by atoms with Crippen LogP contribution in [-0.2, 0) is 13.0 Å². The van der Waals surface area contributed by atoms with Gasteiger partial charge in [0.25, 0.3) is 0 Å². The molecule has 3 heteroatoms. The van der Waals surface area contributed by atoms with Gasteiger partial charge in [0.2, 0.25) is 0 Å². The molecule has 0 atom stereocenters. The Bertz CT molecular complexity index is 603. The number of rotatable bonds is 6. The van der Waals surface area contributed by atoms with Crippen molar-refractivity contribution in [1.29, 1.82) is 0 Å². The van der Waals surface area contributed by atoms with Crippen molar-refractivity contribution in [1.82, 2.24) is 5.32 Å². The summed E-state index contributed by atoms with van der Waals surface area (Å²) in [7, 11) is 0. The van der Waals surface area contributed by atoms with E-state index in [1.165, 1.54) is 11.1 Å². The lowest BCUT2D eigenvalue weighted by atomic mass is 10.1. The molecule has 1 aliphatic rings. The molecule has 0 saturated carbocycles. The first kappa shape index (κ1) is 15.9. The van der Waals surface area contributed by atoms with Crippen LogP contribution in [0.5, 0.6) is 11.5 Å². The molecule has 0 unspecified atom stereocenters. The second kappa shape index (κ2) is 8.02. The van der Waals surface area contributed by atoms with E-state index in [4.69, 9.17) is 9.47 Å². The molecule has 3 rings (SSSR count). The topological polar surface area (TPSA) is 30.5 Å². The average molecular weight is 311 g/mol. The third-order valence-electron chi connectivity index (χ3n) is 4.22. The van der Waals surface area contributed by atoms with Crippen LogP contribution >= 0.6 is 0 Å². The number of ether oxygens (including phenoxy) is 2.